The SMILES string of the molecule is Cc1ccc(CN2CCCC2=O)cc1C(=O)N1CC2CC(CN(C(=O)c3ccccc3)C2)C1. The number of hydrogen-bond acceptors (Lipinski definition) is 3. The van der Waals surface area contributed by atoms with Gasteiger partial charge in [0.25, 0.3) is 11.8 Å². The van der Waals surface area contributed by atoms with Crippen LogP contribution in [0.3, 0.4) is 0 Å². The summed E-state index contributed by atoms with van der Waals surface area (Å²) in [5, 5.41) is 0. The topological polar surface area (TPSA) is 60.9 Å². The van der Waals surface area contributed by atoms with E-state index in [4.69, 9.17) is 0 Å². The normalized spacial score (nSPS) is 22.6. The van der Waals surface area contributed by atoms with Crippen LogP contribution in [0.15, 0.2) is 48.5 Å². The van der Waals surface area contributed by atoms with Crippen molar-refractivity contribution in [1.29, 1.82) is 0 Å². The van der Waals surface area contributed by atoms with Gasteiger partial charge in [-0.05, 0) is 60.9 Å². The van der Waals surface area contributed by atoms with E-state index in [-0.39, 0.29) is 17.7 Å². The van der Waals surface area contributed by atoms with E-state index < -0.39 is 0 Å². The van der Waals surface area contributed by atoms with E-state index in [0.717, 1.165) is 41.6 Å². The maximum Gasteiger partial charge on any atom is 0.254 e. The largest absolute Gasteiger partial charge is 0.338 e. The number of carbonyl (C=O) groups excluding carboxylic acids is 3. The van der Waals surface area contributed by atoms with Gasteiger partial charge in [0.2, 0.25) is 5.91 Å². The molecule has 2 atom stereocenters. The van der Waals surface area contributed by atoms with Crippen LogP contribution in [0.2, 0.25) is 0 Å². The fraction of sp³-hybridized carbons (Fsp3) is 0.444. The Balaban J connectivity index is 1.27. The second kappa shape index (κ2) is 9.00. The summed E-state index contributed by atoms with van der Waals surface area (Å²) in [6, 6.07) is 15.4. The lowest BCUT2D eigenvalue weighted by molar-refractivity contribution is -0.128. The summed E-state index contributed by atoms with van der Waals surface area (Å²) in [6.45, 7) is 6.10. The molecule has 0 aliphatic carbocycles. The van der Waals surface area contributed by atoms with Gasteiger partial charge >= 0.3 is 0 Å². The Morgan fingerprint density at radius 2 is 1.58 bits per heavy atom. The number of rotatable bonds is 4. The molecule has 0 spiro atoms. The molecule has 3 amide bonds. The average molecular weight is 446 g/mol. The third-order valence-corrected chi connectivity index (χ3v) is 7.25. The lowest BCUT2D eigenvalue weighted by Crippen LogP contribution is -2.55. The number of hydrogen-bond donors (Lipinski definition) is 0. The van der Waals surface area contributed by atoms with Crippen molar-refractivity contribution in [3.05, 3.63) is 70.8 Å². The van der Waals surface area contributed by atoms with Crippen molar-refractivity contribution in [3.8, 4) is 0 Å². The maximum atomic E-state index is 13.5. The minimum atomic E-state index is 0.0691. The average Bonchev–Trinajstić information content (AvgIpc) is 3.23. The first-order valence-electron chi connectivity index (χ1n) is 12.0. The molecular formula is C27H31N3O3. The van der Waals surface area contributed by atoms with E-state index in [2.05, 4.69) is 0 Å². The van der Waals surface area contributed by atoms with Gasteiger partial charge in [-0.15, -0.1) is 0 Å². The van der Waals surface area contributed by atoms with Gasteiger partial charge in [0.1, 0.15) is 0 Å². The van der Waals surface area contributed by atoms with Crippen LogP contribution >= 0.6 is 0 Å². The van der Waals surface area contributed by atoms with Gasteiger partial charge in [-0.1, -0.05) is 30.3 Å². The molecule has 6 heteroatoms. The molecule has 2 bridgehead atoms. The van der Waals surface area contributed by atoms with Crippen LogP contribution in [0.25, 0.3) is 0 Å². The number of piperidine rings is 2. The minimum Gasteiger partial charge on any atom is -0.338 e. The fourth-order valence-electron chi connectivity index (χ4n) is 5.64. The van der Waals surface area contributed by atoms with Crippen molar-refractivity contribution < 1.29 is 14.4 Å². The quantitative estimate of drug-likeness (QED) is 0.725. The number of carbonyl (C=O) groups is 3. The van der Waals surface area contributed by atoms with Crippen LogP contribution in [-0.4, -0.2) is 65.1 Å². The summed E-state index contributed by atoms with van der Waals surface area (Å²) in [5.41, 5.74) is 3.44. The van der Waals surface area contributed by atoms with E-state index in [0.29, 0.717) is 51.0 Å². The molecular weight excluding hydrogens is 414 g/mol. The molecule has 2 unspecified atom stereocenters. The highest BCUT2D eigenvalue weighted by Crippen LogP contribution is 2.31. The van der Waals surface area contributed by atoms with E-state index in [1.54, 1.807) is 0 Å². The highest BCUT2D eigenvalue weighted by Gasteiger charge is 2.38. The molecule has 3 heterocycles. The van der Waals surface area contributed by atoms with Gasteiger partial charge in [-0.3, -0.25) is 14.4 Å². The van der Waals surface area contributed by atoms with Crippen LogP contribution < -0.4 is 0 Å². The summed E-state index contributed by atoms with van der Waals surface area (Å²) in [6.07, 6.45) is 2.60. The summed E-state index contributed by atoms with van der Waals surface area (Å²) < 4.78 is 0. The van der Waals surface area contributed by atoms with Crippen molar-refractivity contribution >= 4 is 17.7 Å². The Hall–Kier alpha value is -3.15. The van der Waals surface area contributed by atoms with Gasteiger partial charge in [0.05, 0.1) is 0 Å². The number of amides is 3. The first-order valence-corrected chi connectivity index (χ1v) is 12.0. The molecule has 0 saturated carbocycles. The van der Waals surface area contributed by atoms with Crippen molar-refractivity contribution in [2.75, 3.05) is 32.7 Å². The lowest BCUT2D eigenvalue weighted by Gasteiger charge is -2.46. The van der Waals surface area contributed by atoms with Crippen molar-refractivity contribution in [1.82, 2.24) is 14.7 Å². The summed E-state index contributed by atoms with van der Waals surface area (Å²) >= 11 is 0. The van der Waals surface area contributed by atoms with Crippen LogP contribution in [0.1, 0.15) is 51.1 Å². The van der Waals surface area contributed by atoms with E-state index in [9.17, 15) is 14.4 Å². The predicted octanol–water partition coefficient (Wildman–Crippen LogP) is 3.35. The van der Waals surface area contributed by atoms with Gasteiger partial charge in [0, 0.05) is 56.8 Å². The first kappa shape index (κ1) is 21.7. The van der Waals surface area contributed by atoms with Gasteiger partial charge in [-0.2, -0.15) is 0 Å². The molecule has 172 valence electrons. The Labute approximate surface area is 195 Å². The second-order valence-electron chi connectivity index (χ2n) is 9.82. The Morgan fingerprint density at radius 3 is 2.21 bits per heavy atom. The molecule has 2 aromatic carbocycles. The van der Waals surface area contributed by atoms with E-state index in [1.165, 1.54) is 0 Å². The molecule has 3 aliphatic rings. The molecule has 3 aliphatic heterocycles. The van der Waals surface area contributed by atoms with Gasteiger partial charge < -0.3 is 14.7 Å². The smallest absolute Gasteiger partial charge is 0.254 e. The molecule has 3 fully saturated rings. The molecule has 0 N–H and O–H groups in total. The van der Waals surface area contributed by atoms with Crippen LogP contribution in [0.4, 0.5) is 0 Å². The Bertz CT molecular complexity index is 1050. The van der Waals surface area contributed by atoms with Crippen molar-refractivity contribution in [3.63, 3.8) is 0 Å². The highest BCUT2D eigenvalue weighted by molar-refractivity contribution is 5.96. The minimum absolute atomic E-state index is 0.0691. The summed E-state index contributed by atoms with van der Waals surface area (Å²) in [5.74, 6) is 0.964. The molecule has 0 radical (unpaired) electrons. The Morgan fingerprint density at radius 1 is 0.909 bits per heavy atom. The molecule has 0 aromatic heterocycles. The molecule has 33 heavy (non-hydrogen) atoms. The fourth-order valence-corrected chi connectivity index (χ4v) is 5.64. The molecule has 2 aromatic rings. The number of nitrogens with zero attached hydrogens (tertiary/aromatic N) is 3. The zero-order valence-corrected chi connectivity index (χ0v) is 19.2. The van der Waals surface area contributed by atoms with Crippen LogP contribution in [0, 0.1) is 18.8 Å². The van der Waals surface area contributed by atoms with Gasteiger partial charge in [0.15, 0.2) is 0 Å². The van der Waals surface area contributed by atoms with Crippen LogP contribution in [0.5, 0.6) is 0 Å². The molecule has 3 saturated heterocycles. The maximum absolute atomic E-state index is 13.5. The third kappa shape index (κ3) is 4.52. The zero-order chi connectivity index (χ0) is 22.9. The second-order valence-corrected chi connectivity index (χ2v) is 9.82. The number of aryl methyl sites for hydroxylation is 1. The number of fused-ring (bicyclic) bond motifs is 2. The zero-order valence-electron chi connectivity index (χ0n) is 19.2. The summed E-state index contributed by atoms with van der Waals surface area (Å²) in [4.78, 5) is 44.3. The Kier molecular flexibility index (Phi) is 5.92. The number of benzene rings is 2. The molecule has 5 rings (SSSR count). The summed E-state index contributed by atoms with van der Waals surface area (Å²) in [7, 11) is 0. The first-order chi connectivity index (χ1) is 16.0. The van der Waals surface area contributed by atoms with E-state index >= 15 is 0 Å². The lowest BCUT2D eigenvalue weighted by atomic mass is 9.84. The van der Waals surface area contributed by atoms with Crippen LogP contribution in [-0.2, 0) is 11.3 Å². The number of likely N-dealkylation sites (tertiary alicyclic amines) is 3. The van der Waals surface area contributed by atoms with E-state index in [1.807, 2.05) is 70.2 Å². The standard InChI is InChI=1S/C27H31N3O3/c1-19-9-10-20(14-28-11-5-8-25(28)31)13-24(19)27(33)30-17-21-12-22(18-30)16-29(15-21)26(32)23-6-3-2-4-7-23/h2-4,6-7,9-10,13,21-22H,5,8,11-12,14-18H2,1H3. The predicted molar refractivity (Wildman–Crippen MR) is 126 cm³/mol. The van der Waals surface area contributed by atoms with Crippen molar-refractivity contribution in [2.24, 2.45) is 11.8 Å². The molecule has 6 nitrogen and oxygen atoms in total. The van der Waals surface area contributed by atoms with Crippen molar-refractivity contribution in [2.45, 2.75) is 32.7 Å². The van der Waals surface area contributed by atoms with Gasteiger partial charge in [-0.25, -0.2) is 0 Å². The highest BCUT2D eigenvalue weighted by atomic mass is 16.2. The monoisotopic (exact) mass is 445 g/mol. The third-order valence-electron chi connectivity index (χ3n) is 7.25.